The fraction of sp³-hybridized carbons (Fsp3) is 0.0870. The molecule has 0 fully saturated rings. The molecule has 29 heavy (non-hydrogen) atoms. The highest BCUT2D eigenvalue weighted by atomic mass is 35.5. The van der Waals surface area contributed by atoms with E-state index in [2.05, 4.69) is 5.32 Å². The Hall–Kier alpha value is -2.89. The third-order valence-corrected chi connectivity index (χ3v) is 5.49. The van der Waals surface area contributed by atoms with Gasteiger partial charge in [-0.05, 0) is 73.2 Å². The zero-order valence-electron chi connectivity index (χ0n) is 15.6. The van der Waals surface area contributed by atoms with Gasteiger partial charge in [-0.15, -0.1) is 0 Å². The number of anilines is 1. The van der Waals surface area contributed by atoms with Crippen molar-refractivity contribution in [2.24, 2.45) is 0 Å². The van der Waals surface area contributed by atoms with Gasteiger partial charge in [0.25, 0.3) is 5.91 Å². The van der Waals surface area contributed by atoms with Crippen molar-refractivity contribution in [3.05, 3.63) is 82.2 Å². The highest BCUT2D eigenvalue weighted by molar-refractivity contribution is 8.04. The molecule has 1 heterocycles. The molecule has 3 aromatic carbocycles. The average Bonchev–Trinajstić information content (AvgIpc) is 2.71. The molecular formula is C23H18ClNO3S. The number of thioether (sulfide) groups is 1. The van der Waals surface area contributed by atoms with Crippen LogP contribution in [0.2, 0.25) is 5.02 Å². The normalized spacial score (nSPS) is 14.3. The van der Waals surface area contributed by atoms with E-state index >= 15 is 0 Å². The summed E-state index contributed by atoms with van der Waals surface area (Å²) in [6, 6.07) is 20.4. The van der Waals surface area contributed by atoms with Crippen LogP contribution in [-0.4, -0.2) is 12.5 Å². The second-order valence-corrected chi connectivity index (χ2v) is 7.80. The predicted octanol–water partition coefficient (Wildman–Crippen LogP) is 6.62. The summed E-state index contributed by atoms with van der Waals surface area (Å²) in [4.78, 5) is 14.1. The molecule has 1 aliphatic rings. The maximum absolute atomic E-state index is 12.5. The fourth-order valence-electron chi connectivity index (χ4n) is 2.85. The molecule has 0 saturated carbocycles. The van der Waals surface area contributed by atoms with Crippen LogP contribution in [0, 0.1) is 0 Å². The van der Waals surface area contributed by atoms with Crippen molar-refractivity contribution in [2.45, 2.75) is 11.8 Å². The summed E-state index contributed by atoms with van der Waals surface area (Å²) in [5, 5.41) is 3.59. The Morgan fingerprint density at radius 2 is 1.79 bits per heavy atom. The van der Waals surface area contributed by atoms with Gasteiger partial charge >= 0.3 is 0 Å². The molecule has 3 aromatic rings. The molecule has 4 rings (SSSR count). The minimum atomic E-state index is -0.129. The molecule has 1 aliphatic heterocycles. The first kappa shape index (κ1) is 19.4. The van der Waals surface area contributed by atoms with Gasteiger partial charge in [0.15, 0.2) is 0 Å². The van der Waals surface area contributed by atoms with Crippen LogP contribution in [0.5, 0.6) is 17.2 Å². The summed E-state index contributed by atoms with van der Waals surface area (Å²) < 4.78 is 11.4. The summed E-state index contributed by atoms with van der Waals surface area (Å²) in [6.07, 6.45) is 1.85. The monoisotopic (exact) mass is 423 g/mol. The summed E-state index contributed by atoms with van der Waals surface area (Å²) in [5.41, 5.74) is 1.67. The summed E-state index contributed by atoms with van der Waals surface area (Å²) in [5.74, 6) is 2.03. The van der Waals surface area contributed by atoms with Crippen molar-refractivity contribution in [3.8, 4) is 17.2 Å². The number of halogens is 1. The van der Waals surface area contributed by atoms with Crippen LogP contribution in [0.15, 0.2) is 76.5 Å². The minimum absolute atomic E-state index is 0.129. The second kappa shape index (κ2) is 8.64. The molecule has 1 N–H and O–H groups in total. The molecule has 1 amide bonds. The summed E-state index contributed by atoms with van der Waals surface area (Å²) in [6.45, 7) is 2.54. The lowest BCUT2D eigenvalue weighted by molar-refractivity contribution is -0.112. The van der Waals surface area contributed by atoms with Gasteiger partial charge in [-0.2, -0.15) is 0 Å². The topological polar surface area (TPSA) is 47.6 Å². The molecule has 6 heteroatoms. The zero-order valence-corrected chi connectivity index (χ0v) is 17.2. The Morgan fingerprint density at radius 1 is 1.00 bits per heavy atom. The number of carbonyl (C=O) groups excluding carboxylic acids is 1. The van der Waals surface area contributed by atoms with Gasteiger partial charge in [0, 0.05) is 9.92 Å². The molecule has 0 unspecified atom stereocenters. The first-order valence-electron chi connectivity index (χ1n) is 9.12. The second-order valence-electron chi connectivity index (χ2n) is 6.28. The fourth-order valence-corrected chi connectivity index (χ4v) is 3.95. The third kappa shape index (κ3) is 4.75. The maximum Gasteiger partial charge on any atom is 0.262 e. The van der Waals surface area contributed by atoms with Crippen molar-refractivity contribution >= 4 is 41.0 Å². The quantitative estimate of drug-likeness (QED) is 0.468. The lowest BCUT2D eigenvalue weighted by atomic mass is 10.2. The standard InChI is InChI=1S/C23H18ClNO3S/c1-2-27-18-10-11-20-21(14-18)29-22(23(26)25-20)13-15-4-3-5-19(12-15)28-17-8-6-16(24)7-9-17/h3-14H,2H2,1H3,(H,25,26)/b22-13+. The Bertz CT molecular complexity index is 1080. The number of benzene rings is 3. The highest BCUT2D eigenvalue weighted by Crippen LogP contribution is 2.41. The number of hydrogen-bond donors (Lipinski definition) is 1. The van der Waals surface area contributed by atoms with Gasteiger partial charge in [-0.1, -0.05) is 35.5 Å². The molecule has 0 bridgehead atoms. The van der Waals surface area contributed by atoms with E-state index in [1.165, 1.54) is 11.8 Å². The predicted molar refractivity (Wildman–Crippen MR) is 118 cm³/mol. The van der Waals surface area contributed by atoms with Crippen LogP contribution in [0.4, 0.5) is 5.69 Å². The molecule has 4 nitrogen and oxygen atoms in total. The number of ether oxygens (including phenoxy) is 2. The van der Waals surface area contributed by atoms with E-state index < -0.39 is 0 Å². The number of nitrogens with one attached hydrogen (secondary N) is 1. The van der Waals surface area contributed by atoms with E-state index in [1.54, 1.807) is 12.1 Å². The van der Waals surface area contributed by atoms with Crippen molar-refractivity contribution in [2.75, 3.05) is 11.9 Å². The number of rotatable bonds is 5. The van der Waals surface area contributed by atoms with E-state index in [0.29, 0.717) is 28.0 Å². The van der Waals surface area contributed by atoms with E-state index in [0.717, 1.165) is 21.9 Å². The lowest BCUT2D eigenvalue weighted by Crippen LogP contribution is -2.17. The SMILES string of the molecule is CCOc1ccc2c(c1)S/C(=C/c1cccc(Oc3ccc(Cl)cc3)c1)C(=O)N2. The van der Waals surface area contributed by atoms with Gasteiger partial charge < -0.3 is 14.8 Å². The number of hydrogen-bond acceptors (Lipinski definition) is 4. The number of carbonyl (C=O) groups is 1. The first-order valence-corrected chi connectivity index (χ1v) is 10.3. The van der Waals surface area contributed by atoms with Crippen LogP contribution >= 0.6 is 23.4 Å². The van der Waals surface area contributed by atoms with Crippen LogP contribution in [0.3, 0.4) is 0 Å². The Kier molecular flexibility index (Phi) is 5.79. The van der Waals surface area contributed by atoms with Crippen molar-refractivity contribution in [1.29, 1.82) is 0 Å². The molecule has 0 atom stereocenters. The number of amides is 1. The largest absolute Gasteiger partial charge is 0.494 e. The van der Waals surface area contributed by atoms with E-state index in [9.17, 15) is 4.79 Å². The highest BCUT2D eigenvalue weighted by Gasteiger charge is 2.21. The van der Waals surface area contributed by atoms with Crippen molar-refractivity contribution in [1.82, 2.24) is 0 Å². The molecule has 0 aliphatic carbocycles. The molecule has 0 saturated heterocycles. The van der Waals surface area contributed by atoms with E-state index in [-0.39, 0.29) is 5.91 Å². The molecule has 0 aromatic heterocycles. The average molecular weight is 424 g/mol. The summed E-state index contributed by atoms with van der Waals surface area (Å²) in [7, 11) is 0. The van der Waals surface area contributed by atoms with Crippen LogP contribution in [0.1, 0.15) is 12.5 Å². The Morgan fingerprint density at radius 3 is 2.59 bits per heavy atom. The van der Waals surface area contributed by atoms with Gasteiger partial charge in [0.1, 0.15) is 17.2 Å². The van der Waals surface area contributed by atoms with Crippen LogP contribution in [-0.2, 0) is 4.79 Å². The van der Waals surface area contributed by atoms with Gasteiger partial charge in [0.2, 0.25) is 0 Å². The molecular weight excluding hydrogens is 406 g/mol. The van der Waals surface area contributed by atoms with Gasteiger partial charge in [-0.3, -0.25) is 4.79 Å². The molecule has 146 valence electrons. The Labute approximate surface area is 178 Å². The van der Waals surface area contributed by atoms with Gasteiger partial charge in [0.05, 0.1) is 17.2 Å². The maximum atomic E-state index is 12.5. The summed E-state index contributed by atoms with van der Waals surface area (Å²) >= 11 is 7.34. The van der Waals surface area contributed by atoms with E-state index in [1.807, 2.05) is 67.6 Å². The van der Waals surface area contributed by atoms with Crippen molar-refractivity contribution in [3.63, 3.8) is 0 Å². The van der Waals surface area contributed by atoms with Crippen LogP contribution < -0.4 is 14.8 Å². The lowest BCUT2D eigenvalue weighted by Gasteiger charge is -2.19. The molecule has 0 radical (unpaired) electrons. The van der Waals surface area contributed by atoms with Gasteiger partial charge in [-0.25, -0.2) is 0 Å². The number of fused-ring (bicyclic) bond motifs is 1. The zero-order chi connectivity index (χ0) is 20.2. The van der Waals surface area contributed by atoms with Crippen LogP contribution in [0.25, 0.3) is 6.08 Å². The smallest absolute Gasteiger partial charge is 0.262 e. The van der Waals surface area contributed by atoms with E-state index in [4.69, 9.17) is 21.1 Å². The third-order valence-electron chi connectivity index (χ3n) is 4.16. The first-order chi connectivity index (χ1) is 14.1. The minimum Gasteiger partial charge on any atom is -0.494 e. The van der Waals surface area contributed by atoms with Crippen molar-refractivity contribution < 1.29 is 14.3 Å². The Balaban J connectivity index is 1.56. The molecule has 0 spiro atoms.